The van der Waals surface area contributed by atoms with Gasteiger partial charge in [-0.05, 0) is 70.1 Å². The van der Waals surface area contributed by atoms with Gasteiger partial charge < -0.3 is 20.2 Å². The molecule has 0 bridgehead atoms. The van der Waals surface area contributed by atoms with E-state index in [0.717, 1.165) is 32.3 Å². The van der Waals surface area contributed by atoms with Crippen LogP contribution in [0.2, 0.25) is 0 Å². The second-order valence-electron chi connectivity index (χ2n) is 9.71. The van der Waals surface area contributed by atoms with Crippen molar-refractivity contribution in [3.05, 3.63) is 75.3 Å². The number of carbonyl (C=O) groups is 2. The number of aliphatic imine (C=N–C) groups is 1. The molecule has 10 nitrogen and oxygen atoms in total. The van der Waals surface area contributed by atoms with E-state index in [-0.39, 0.29) is 23.8 Å². The van der Waals surface area contributed by atoms with Crippen molar-refractivity contribution in [1.82, 2.24) is 24.9 Å². The van der Waals surface area contributed by atoms with Crippen molar-refractivity contribution in [2.45, 2.75) is 52.0 Å². The Hall–Kier alpha value is -3.92. The van der Waals surface area contributed by atoms with Gasteiger partial charge in [0.25, 0.3) is 5.56 Å². The molecular formula is C28H36N6O4. The number of aromatic nitrogens is 2. The summed E-state index contributed by atoms with van der Waals surface area (Å²) in [4.78, 5) is 46.5. The monoisotopic (exact) mass is 520 g/mol. The minimum Gasteiger partial charge on any atom is -0.516 e. The summed E-state index contributed by atoms with van der Waals surface area (Å²) in [7, 11) is 0. The van der Waals surface area contributed by atoms with E-state index >= 15 is 0 Å². The summed E-state index contributed by atoms with van der Waals surface area (Å²) in [6.07, 6.45) is 13.6. The van der Waals surface area contributed by atoms with Crippen molar-refractivity contribution < 1.29 is 14.7 Å². The Morgan fingerprint density at radius 1 is 1.21 bits per heavy atom. The van der Waals surface area contributed by atoms with Crippen molar-refractivity contribution >= 4 is 24.1 Å². The Morgan fingerprint density at radius 3 is 2.68 bits per heavy atom. The first-order valence-corrected chi connectivity index (χ1v) is 13.1. The number of likely N-dealkylation sites (tertiary alicyclic amines) is 2. The highest BCUT2D eigenvalue weighted by molar-refractivity contribution is 5.90. The van der Waals surface area contributed by atoms with Crippen LogP contribution in [0.5, 0.6) is 0 Å². The molecule has 3 N–H and O–H groups in total. The highest BCUT2D eigenvalue weighted by Gasteiger charge is 2.24. The molecule has 2 amide bonds. The fraction of sp³-hybridized carbons (Fsp3) is 0.429. The maximum absolute atomic E-state index is 13.2. The van der Waals surface area contributed by atoms with Gasteiger partial charge in [0, 0.05) is 30.8 Å². The number of nitrogens with zero attached hydrogens (tertiary/aromatic N) is 4. The zero-order chi connectivity index (χ0) is 27.1. The molecule has 3 aliphatic rings. The van der Waals surface area contributed by atoms with Gasteiger partial charge in [0.15, 0.2) is 0 Å². The number of fused-ring (bicyclic) bond motifs is 1. The van der Waals surface area contributed by atoms with Gasteiger partial charge in [-0.3, -0.25) is 29.2 Å². The third-order valence-corrected chi connectivity index (χ3v) is 7.14. The number of hydrogen-bond donors (Lipinski definition) is 3. The zero-order valence-corrected chi connectivity index (χ0v) is 21.9. The molecule has 1 aromatic heterocycles. The predicted octanol–water partition coefficient (Wildman–Crippen LogP) is 2.78. The summed E-state index contributed by atoms with van der Waals surface area (Å²) >= 11 is 0. The highest BCUT2D eigenvalue weighted by atomic mass is 16.2. The van der Waals surface area contributed by atoms with Gasteiger partial charge in [0.05, 0.1) is 36.3 Å². The van der Waals surface area contributed by atoms with Crippen LogP contribution in [0.1, 0.15) is 50.3 Å². The predicted molar refractivity (Wildman–Crippen MR) is 147 cm³/mol. The minimum absolute atomic E-state index is 0.0268. The number of carbonyl (C=O) groups excluding carboxylic acids is 2. The van der Waals surface area contributed by atoms with Crippen LogP contribution in [0, 0.1) is 0 Å². The van der Waals surface area contributed by atoms with Crippen LogP contribution in [0.25, 0.3) is 5.57 Å². The average Bonchev–Trinajstić information content (AvgIpc) is 3.62. The normalized spacial score (nSPS) is 19.0. The molecule has 0 unspecified atom stereocenters. The summed E-state index contributed by atoms with van der Waals surface area (Å²) in [5.41, 5.74) is 3.28. The first-order chi connectivity index (χ1) is 18.4. The lowest BCUT2D eigenvalue weighted by Gasteiger charge is -2.18. The van der Waals surface area contributed by atoms with Gasteiger partial charge >= 0.3 is 0 Å². The van der Waals surface area contributed by atoms with Crippen molar-refractivity contribution in [3.8, 4) is 0 Å². The van der Waals surface area contributed by atoms with Crippen LogP contribution in [0.3, 0.4) is 0 Å². The lowest BCUT2D eigenvalue weighted by molar-refractivity contribution is -0.125. The molecule has 202 valence electrons. The fourth-order valence-electron chi connectivity index (χ4n) is 5.03. The Kier molecular flexibility index (Phi) is 8.96. The number of nitrogens with one attached hydrogen (secondary N) is 2. The van der Waals surface area contributed by atoms with E-state index in [1.165, 1.54) is 18.9 Å². The molecule has 0 radical (unpaired) electrons. The van der Waals surface area contributed by atoms with E-state index < -0.39 is 0 Å². The number of aliphatic hydroxyl groups is 1. The summed E-state index contributed by atoms with van der Waals surface area (Å²) in [6, 6.07) is 0. The van der Waals surface area contributed by atoms with Gasteiger partial charge in [-0.1, -0.05) is 18.2 Å². The average molecular weight is 521 g/mol. The number of aromatic amines is 1. The van der Waals surface area contributed by atoms with Crippen molar-refractivity contribution in [1.29, 1.82) is 0 Å². The van der Waals surface area contributed by atoms with E-state index in [9.17, 15) is 19.5 Å². The lowest BCUT2D eigenvalue weighted by atomic mass is 10.0. The van der Waals surface area contributed by atoms with Crippen LogP contribution >= 0.6 is 0 Å². The Balaban J connectivity index is 1.53. The number of rotatable bonds is 10. The largest absolute Gasteiger partial charge is 0.516 e. The Morgan fingerprint density at radius 2 is 2.00 bits per heavy atom. The van der Waals surface area contributed by atoms with Crippen LogP contribution in [-0.2, 0) is 22.6 Å². The molecule has 0 spiro atoms. The molecule has 1 aliphatic carbocycles. The second-order valence-corrected chi connectivity index (χ2v) is 9.71. The van der Waals surface area contributed by atoms with Crippen LogP contribution in [0.4, 0.5) is 0 Å². The van der Waals surface area contributed by atoms with E-state index in [4.69, 9.17) is 0 Å². The molecule has 2 fully saturated rings. The van der Waals surface area contributed by atoms with Crippen molar-refractivity contribution in [2.24, 2.45) is 4.99 Å². The molecule has 38 heavy (non-hydrogen) atoms. The van der Waals surface area contributed by atoms with Crippen LogP contribution in [0.15, 0.2) is 63.5 Å². The van der Waals surface area contributed by atoms with Gasteiger partial charge in [-0.25, -0.2) is 0 Å². The third-order valence-electron chi connectivity index (χ3n) is 7.14. The Bertz CT molecular complexity index is 1290. The van der Waals surface area contributed by atoms with Crippen molar-refractivity contribution in [3.63, 3.8) is 0 Å². The van der Waals surface area contributed by atoms with Gasteiger partial charge in [-0.15, -0.1) is 0 Å². The van der Waals surface area contributed by atoms with E-state index in [0.29, 0.717) is 59.9 Å². The Labute approximate surface area is 222 Å². The molecule has 0 saturated carbocycles. The standard InChI is InChI=1S/C28H36N6O4/c1-20(29-2)24(19-22(11-17-35)33-14-7-10-26(33)37)30-25(36)18-21-8-3-4-9-23-27(21)31-34(28(23)38)16-15-32-12-5-6-13-32/h3-4,8,11,17,19,31,35H,2,5-7,9-10,12-16,18H2,1H3,(H,30,36)/b17-11+,22-19+,24-20-. The SMILES string of the molecule is C=N/C(C)=C(/C=C(\C=C\O)N1CCCC1=O)NC(=O)CC1=CC=CCc2c1[nH]n(CCN1CCCC1)c2=O. The first-order valence-electron chi connectivity index (χ1n) is 13.1. The van der Waals surface area contributed by atoms with Gasteiger partial charge in [0.2, 0.25) is 11.8 Å². The van der Waals surface area contributed by atoms with Crippen molar-refractivity contribution in [2.75, 3.05) is 26.2 Å². The lowest BCUT2D eigenvalue weighted by Crippen LogP contribution is -2.28. The maximum atomic E-state index is 13.2. The summed E-state index contributed by atoms with van der Waals surface area (Å²) < 4.78 is 1.65. The maximum Gasteiger partial charge on any atom is 0.270 e. The molecule has 0 atom stereocenters. The number of amides is 2. The number of H-pyrrole nitrogens is 1. The summed E-state index contributed by atoms with van der Waals surface area (Å²) in [5.74, 6) is -0.358. The number of allylic oxidation sites excluding steroid dienone is 6. The van der Waals surface area contributed by atoms with E-state index in [2.05, 4.69) is 27.0 Å². The quantitative estimate of drug-likeness (QED) is 0.249. The summed E-state index contributed by atoms with van der Waals surface area (Å²) in [5, 5.41) is 15.5. The second kappa shape index (κ2) is 12.6. The molecule has 2 aliphatic heterocycles. The minimum atomic E-state index is -0.308. The smallest absolute Gasteiger partial charge is 0.270 e. The molecule has 1 aromatic rings. The van der Waals surface area contributed by atoms with Crippen LogP contribution in [-0.4, -0.2) is 69.4 Å². The first kappa shape index (κ1) is 27.1. The van der Waals surface area contributed by atoms with Gasteiger partial charge in [-0.2, -0.15) is 0 Å². The molecule has 0 aromatic carbocycles. The van der Waals surface area contributed by atoms with E-state index in [1.807, 2.05) is 18.2 Å². The highest BCUT2D eigenvalue weighted by Crippen LogP contribution is 2.24. The molecular weight excluding hydrogens is 484 g/mol. The molecule has 4 rings (SSSR count). The zero-order valence-electron chi connectivity index (χ0n) is 21.9. The molecule has 3 heterocycles. The molecule has 10 heteroatoms. The summed E-state index contributed by atoms with van der Waals surface area (Å²) in [6.45, 7) is 9.32. The third kappa shape index (κ3) is 6.31. The number of aliphatic hydroxyl groups excluding tert-OH is 1. The molecule has 2 saturated heterocycles. The number of hydrogen-bond acceptors (Lipinski definition) is 6. The topological polar surface area (TPSA) is 123 Å². The van der Waals surface area contributed by atoms with E-state index in [1.54, 1.807) is 22.6 Å². The van der Waals surface area contributed by atoms with Gasteiger partial charge in [0.1, 0.15) is 0 Å². The van der Waals surface area contributed by atoms with Crippen LogP contribution < -0.4 is 10.9 Å². The fourth-order valence-corrected chi connectivity index (χ4v) is 5.03.